The highest BCUT2D eigenvalue weighted by atomic mass is 79.9. The number of hydrogen-bond donors (Lipinski definition) is 1. The van der Waals surface area contributed by atoms with Crippen molar-refractivity contribution in [2.45, 2.75) is 45.1 Å². The van der Waals surface area contributed by atoms with Crippen molar-refractivity contribution < 1.29 is 4.74 Å². The van der Waals surface area contributed by atoms with Gasteiger partial charge in [-0.25, -0.2) is 0 Å². The van der Waals surface area contributed by atoms with E-state index in [1.807, 2.05) is 6.07 Å². The fraction of sp³-hybridized carbons (Fsp3) is 0.571. The first-order valence-electron chi connectivity index (χ1n) is 6.25. The van der Waals surface area contributed by atoms with Gasteiger partial charge in [-0.15, -0.1) is 0 Å². The molecular formula is C14H22BrNO. The molecule has 0 aliphatic rings. The van der Waals surface area contributed by atoms with Crippen molar-refractivity contribution in [3.63, 3.8) is 0 Å². The normalized spacial score (nSPS) is 12.5. The maximum atomic E-state index is 5.99. The Hall–Kier alpha value is -0.540. The van der Waals surface area contributed by atoms with Gasteiger partial charge in [-0.05, 0) is 59.3 Å². The fourth-order valence-electron chi connectivity index (χ4n) is 1.95. The molecule has 96 valence electrons. The molecular weight excluding hydrogens is 278 g/mol. The third-order valence-corrected chi connectivity index (χ3v) is 3.54. The molecule has 1 aromatic carbocycles. The predicted octanol–water partition coefficient (Wildman–Crippen LogP) is 3.91. The molecule has 17 heavy (non-hydrogen) atoms. The van der Waals surface area contributed by atoms with E-state index >= 15 is 0 Å². The van der Waals surface area contributed by atoms with Gasteiger partial charge < -0.3 is 10.5 Å². The fourth-order valence-corrected chi connectivity index (χ4v) is 2.54. The summed E-state index contributed by atoms with van der Waals surface area (Å²) in [5.74, 6) is 0.886. The van der Waals surface area contributed by atoms with Crippen LogP contribution < -0.4 is 10.5 Å². The zero-order chi connectivity index (χ0) is 12.7. The van der Waals surface area contributed by atoms with Gasteiger partial charge >= 0.3 is 0 Å². The van der Waals surface area contributed by atoms with Gasteiger partial charge in [0.1, 0.15) is 5.75 Å². The lowest BCUT2D eigenvalue weighted by atomic mass is 10.0. The van der Waals surface area contributed by atoms with Crippen LogP contribution in [0.3, 0.4) is 0 Å². The van der Waals surface area contributed by atoms with Crippen molar-refractivity contribution in [2.24, 2.45) is 5.73 Å². The van der Waals surface area contributed by atoms with Gasteiger partial charge in [0.2, 0.25) is 0 Å². The van der Waals surface area contributed by atoms with Crippen LogP contribution in [0.5, 0.6) is 5.75 Å². The maximum absolute atomic E-state index is 5.99. The Labute approximate surface area is 113 Å². The maximum Gasteiger partial charge on any atom is 0.133 e. The van der Waals surface area contributed by atoms with Crippen LogP contribution >= 0.6 is 15.9 Å². The van der Waals surface area contributed by atoms with Crippen LogP contribution in [-0.2, 0) is 6.42 Å². The molecule has 1 unspecified atom stereocenters. The monoisotopic (exact) mass is 299 g/mol. The Morgan fingerprint density at radius 3 is 2.71 bits per heavy atom. The van der Waals surface area contributed by atoms with Crippen molar-refractivity contribution in [1.29, 1.82) is 0 Å². The molecule has 0 fully saturated rings. The van der Waals surface area contributed by atoms with Crippen molar-refractivity contribution in [3.8, 4) is 5.75 Å². The SMILES string of the molecule is CCCC(N)CCCc1ccc(OC)c(Br)c1. The van der Waals surface area contributed by atoms with Gasteiger partial charge in [-0.3, -0.25) is 0 Å². The molecule has 1 atom stereocenters. The third-order valence-electron chi connectivity index (χ3n) is 2.92. The molecule has 0 aromatic heterocycles. The van der Waals surface area contributed by atoms with Gasteiger partial charge in [0, 0.05) is 6.04 Å². The minimum atomic E-state index is 0.363. The lowest BCUT2D eigenvalue weighted by molar-refractivity contribution is 0.412. The Morgan fingerprint density at radius 2 is 2.12 bits per heavy atom. The summed E-state index contributed by atoms with van der Waals surface area (Å²) in [7, 11) is 1.68. The van der Waals surface area contributed by atoms with E-state index in [0.29, 0.717) is 6.04 Å². The molecule has 2 N–H and O–H groups in total. The smallest absolute Gasteiger partial charge is 0.133 e. The van der Waals surface area contributed by atoms with Crippen LogP contribution in [0.25, 0.3) is 0 Å². The molecule has 0 aliphatic carbocycles. The van der Waals surface area contributed by atoms with Crippen LogP contribution in [0, 0.1) is 0 Å². The molecule has 1 aromatic rings. The first-order valence-corrected chi connectivity index (χ1v) is 7.04. The summed E-state index contributed by atoms with van der Waals surface area (Å²) < 4.78 is 6.23. The zero-order valence-corrected chi connectivity index (χ0v) is 12.3. The minimum Gasteiger partial charge on any atom is -0.496 e. The van der Waals surface area contributed by atoms with Crippen LogP contribution in [-0.4, -0.2) is 13.2 Å². The van der Waals surface area contributed by atoms with E-state index in [-0.39, 0.29) is 0 Å². The van der Waals surface area contributed by atoms with E-state index in [1.165, 1.54) is 12.0 Å². The highest BCUT2D eigenvalue weighted by Gasteiger charge is 2.03. The zero-order valence-electron chi connectivity index (χ0n) is 10.7. The van der Waals surface area contributed by atoms with E-state index in [9.17, 15) is 0 Å². The molecule has 0 saturated carbocycles. The standard InChI is InChI=1S/C14H22BrNO/c1-3-5-12(16)7-4-6-11-8-9-14(17-2)13(15)10-11/h8-10,12H,3-7,16H2,1-2H3. The highest BCUT2D eigenvalue weighted by Crippen LogP contribution is 2.26. The van der Waals surface area contributed by atoms with Crippen LogP contribution in [0.15, 0.2) is 22.7 Å². The summed E-state index contributed by atoms with van der Waals surface area (Å²) in [6, 6.07) is 6.62. The van der Waals surface area contributed by atoms with Crippen molar-refractivity contribution >= 4 is 15.9 Å². The van der Waals surface area contributed by atoms with Gasteiger partial charge in [0.05, 0.1) is 11.6 Å². The molecule has 3 heteroatoms. The molecule has 0 radical (unpaired) electrons. The van der Waals surface area contributed by atoms with Crippen LogP contribution in [0.2, 0.25) is 0 Å². The summed E-state index contributed by atoms with van der Waals surface area (Å²) in [6.07, 6.45) is 5.65. The highest BCUT2D eigenvalue weighted by molar-refractivity contribution is 9.10. The largest absolute Gasteiger partial charge is 0.496 e. The quantitative estimate of drug-likeness (QED) is 0.828. The number of halogens is 1. The average molecular weight is 300 g/mol. The van der Waals surface area contributed by atoms with Gasteiger partial charge in [-0.1, -0.05) is 19.4 Å². The lowest BCUT2D eigenvalue weighted by Gasteiger charge is -2.10. The number of aryl methyl sites for hydroxylation is 1. The second-order valence-corrected chi connectivity index (χ2v) is 5.26. The van der Waals surface area contributed by atoms with E-state index in [2.05, 4.69) is 35.0 Å². The van der Waals surface area contributed by atoms with Gasteiger partial charge in [-0.2, -0.15) is 0 Å². The number of ether oxygens (including phenoxy) is 1. The molecule has 0 spiro atoms. The molecule has 1 rings (SSSR count). The number of benzene rings is 1. The van der Waals surface area contributed by atoms with Gasteiger partial charge in [0.15, 0.2) is 0 Å². The number of nitrogens with two attached hydrogens (primary N) is 1. The van der Waals surface area contributed by atoms with E-state index in [0.717, 1.165) is 35.9 Å². The molecule has 2 nitrogen and oxygen atoms in total. The topological polar surface area (TPSA) is 35.2 Å². The van der Waals surface area contributed by atoms with E-state index in [4.69, 9.17) is 10.5 Å². The second kappa shape index (κ2) is 7.72. The Morgan fingerprint density at radius 1 is 1.35 bits per heavy atom. The molecule has 0 amide bonds. The van der Waals surface area contributed by atoms with Crippen LogP contribution in [0.4, 0.5) is 0 Å². The second-order valence-electron chi connectivity index (χ2n) is 4.41. The summed E-state index contributed by atoms with van der Waals surface area (Å²) in [5, 5.41) is 0. The Balaban J connectivity index is 2.39. The minimum absolute atomic E-state index is 0.363. The Kier molecular flexibility index (Phi) is 6.60. The number of hydrogen-bond acceptors (Lipinski definition) is 2. The van der Waals surface area contributed by atoms with Crippen molar-refractivity contribution in [1.82, 2.24) is 0 Å². The molecule has 0 heterocycles. The molecule has 0 saturated heterocycles. The first kappa shape index (κ1) is 14.5. The number of methoxy groups -OCH3 is 1. The molecule has 0 aliphatic heterocycles. The summed E-state index contributed by atoms with van der Waals surface area (Å²) in [6.45, 7) is 2.18. The van der Waals surface area contributed by atoms with E-state index < -0.39 is 0 Å². The van der Waals surface area contributed by atoms with Crippen molar-refractivity contribution in [3.05, 3.63) is 28.2 Å². The van der Waals surface area contributed by atoms with Gasteiger partial charge in [0.25, 0.3) is 0 Å². The Bertz CT molecular complexity index is 341. The first-order chi connectivity index (χ1) is 8.17. The average Bonchev–Trinajstić information content (AvgIpc) is 2.29. The van der Waals surface area contributed by atoms with Crippen molar-refractivity contribution in [2.75, 3.05) is 7.11 Å². The third kappa shape index (κ3) is 5.09. The summed E-state index contributed by atoms with van der Waals surface area (Å²) >= 11 is 3.50. The van der Waals surface area contributed by atoms with E-state index in [1.54, 1.807) is 7.11 Å². The lowest BCUT2D eigenvalue weighted by Crippen LogP contribution is -2.19. The number of rotatable bonds is 7. The molecule has 0 bridgehead atoms. The summed E-state index contributed by atoms with van der Waals surface area (Å²) in [4.78, 5) is 0. The summed E-state index contributed by atoms with van der Waals surface area (Å²) in [5.41, 5.74) is 7.33. The predicted molar refractivity (Wildman–Crippen MR) is 76.5 cm³/mol. The van der Waals surface area contributed by atoms with Crippen LogP contribution in [0.1, 0.15) is 38.2 Å².